The molecule has 1 aromatic carbocycles. The molecule has 0 heterocycles. The summed E-state index contributed by atoms with van der Waals surface area (Å²) in [7, 11) is 0. The zero-order chi connectivity index (χ0) is 14.7. The number of benzene rings is 1. The number of carbonyl (C=O) groups excluding carboxylic acids is 1. The van der Waals surface area contributed by atoms with Crippen molar-refractivity contribution in [2.45, 2.75) is 44.8 Å². The van der Waals surface area contributed by atoms with Crippen LogP contribution in [0.2, 0.25) is 0 Å². The zero-order valence-corrected chi connectivity index (χ0v) is 11.1. The molecule has 19 heavy (non-hydrogen) atoms. The molecule has 0 bridgehead atoms. The maximum atomic E-state index is 12.4. The van der Waals surface area contributed by atoms with E-state index in [4.69, 9.17) is 5.73 Å². The van der Waals surface area contributed by atoms with Gasteiger partial charge in [0.1, 0.15) is 0 Å². The molecule has 106 valence electrons. The maximum absolute atomic E-state index is 12.4. The van der Waals surface area contributed by atoms with Crippen LogP contribution in [0, 0.1) is 0 Å². The van der Waals surface area contributed by atoms with Crippen LogP contribution in [-0.4, -0.2) is 11.3 Å². The third-order valence-corrected chi connectivity index (χ3v) is 3.05. The fourth-order valence-electron chi connectivity index (χ4n) is 1.86. The first-order valence-electron chi connectivity index (χ1n) is 6.15. The molecule has 0 radical (unpaired) electrons. The maximum Gasteiger partial charge on any atom is 0.416 e. The molecule has 0 aliphatic carbocycles. The Morgan fingerprint density at radius 1 is 1.21 bits per heavy atom. The van der Waals surface area contributed by atoms with Crippen molar-refractivity contribution in [1.82, 2.24) is 0 Å². The van der Waals surface area contributed by atoms with Crippen molar-refractivity contribution in [2.75, 3.05) is 0 Å². The van der Waals surface area contributed by atoms with Crippen LogP contribution in [0.4, 0.5) is 13.2 Å². The zero-order valence-electron chi connectivity index (χ0n) is 11.1. The van der Waals surface area contributed by atoms with Crippen LogP contribution in [0.25, 0.3) is 0 Å². The number of rotatable bonds is 5. The minimum absolute atomic E-state index is 0.0607. The summed E-state index contributed by atoms with van der Waals surface area (Å²) < 4.78 is 37.2. The van der Waals surface area contributed by atoms with Gasteiger partial charge in [0.2, 0.25) is 0 Å². The normalized spacial score (nSPS) is 15.1. The number of Topliss-reactive ketones (excluding diaryl/α,β-unsaturated/α-hetero) is 1. The summed E-state index contributed by atoms with van der Waals surface area (Å²) in [4.78, 5) is 12.0. The lowest BCUT2D eigenvalue weighted by molar-refractivity contribution is -0.137. The second-order valence-corrected chi connectivity index (χ2v) is 4.96. The van der Waals surface area contributed by atoms with E-state index < -0.39 is 17.3 Å². The van der Waals surface area contributed by atoms with Crippen LogP contribution in [0.1, 0.15) is 37.8 Å². The van der Waals surface area contributed by atoms with E-state index >= 15 is 0 Å². The van der Waals surface area contributed by atoms with Crippen molar-refractivity contribution in [3.8, 4) is 0 Å². The SMILES string of the molecule is CCCC(C)(N)C(=O)Cc1ccc(C(F)(F)F)cc1. The number of carbonyl (C=O) groups is 1. The molecule has 1 rings (SSSR count). The van der Waals surface area contributed by atoms with E-state index in [1.807, 2.05) is 6.92 Å². The van der Waals surface area contributed by atoms with Crippen LogP contribution in [0.15, 0.2) is 24.3 Å². The lowest BCUT2D eigenvalue weighted by Gasteiger charge is -2.22. The summed E-state index contributed by atoms with van der Waals surface area (Å²) in [6.07, 6.45) is -2.95. The highest BCUT2D eigenvalue weighted by Crippen LogP contribution is 2.29. The quantitative estimate of drug-likeness (QED) is 0.894. The van der Waals surface area contributed by atoms with Crippen molar-refractivity contribution in [3.63, 3.8) is 0 Å². The number of hydrogen-bond donors (Lipinski definition) is 1. The molecule has 0 spiro atoms. The summed E-state index contributed by atoms with van der Waals surface area (Å²) in [5, 5.41) is 0. The predicted octanol–water partition coefficient (Wildman–Crippen LogP) is 3.33. The molecule has 2 N–H and O–H groups in total. The Labute approximate surface area is 110 Å². The van der Waals surface area contributed by atoms with Crippen molar-refractivity contribution in [3.05, 3.63) is 35.4 Å². The standard InChI is InChI=1S/C14H18F3NO/c1-3-8-13(2,18)12(19)9-10-4-6-11(7-5-10)14(15,16)17/h4-7H,3,8-9,18H2,1-2H3. The topological polar surface area (TPSA) is 43.1 Å². The van der Waals surface area contributed by atoms with Crippen LogP contribution in [0.3, 0.4) is 0 Å². The van der Waals surface area contributed by atoms with Crippen molar-refractivity contribution in [1.29, 1.82) is 0 Å². The van der Waals surface area contributed by atoms with Gasteiger partial charge in [0.05, 0.1) is 11.1 Å². The first kappa shape index (κ1) is 15.7. The molecule has 1 aromatic rings. The highest BCUT2D eigenvalue weighted by molar-refractivity contribution is 5.89. The second kappa shape index (κ2) is 5.74. The molecule has 1 atom stereocenters. The van der Waals surface area contributed by atoms with E-state index in [1.165, 1.54) is 12.1 Å². The molecule has 0 saturated heterocycles. The van der Waals surface area contributed by atoms with Gasteiger partial charge in [-0.25, -0.2) is 0 Å². The molecule has 0 saturated carbocycles. The van der Waals surface area contributed by atoms with Gasteiger partial charge < -0.3 is 5.73 Å². The average Bonchev–Trinajstić information content (AvgIpc) is 2.28. The third-order valence-electron chi connectivity index (χ3n) is 3.05. The largest absolute Gasteiger partial charge is 0.416 e. The van der Waals surface area contributed by atoms with Gasteiger partial charge in [0.25, 0.3) is 0 Å². The Morgan fingerprint density at radius 3 is 2.16 bits per heavy atom. The smallest absolute Gasteiger partial charge is 0.319 e. The molecule has 0 fully saturated rings. The van der Waals surface area contributed by atoms with Crippen molar-refractivity contribution < 1.29 is 18.0 Å². The van der Waals surface area contributed by atoms with Gasteiger partial charge in [-0.1, -0.05) is 25.5 Å². The summed E-state index contributed by atoms with van der Waals surface area (Å²) in [5.74, 6) is -0.158. The molecule has 0 aliphatic rings. The number of nitrogens with two attached hydrogens (primary N) is 1. The Bertz CT molecular complexity index is 435. The number of hydrogen-bond acceptors (Lipinski definition) is 2. The monoisotopic (exact) mass is 273 g/mol. The minimum Gasteiger partial charge on any atom is -0.319 e. The highest BCUT2D eigenvalue weighted by atomic mass is 19.4. The van der Waals surface area contributed by atoms with Gasteiger partial charge in [-0.05, 0) is 31.0 Å². The van der Waals surface area contributed by atoms with E-state index in [9.17, 15) is 18.0 Å². The summed E-state index contributed by atoms with van der Waals surface area (Å²) in [6, 6.07) is 4.61. The van der Waals surface area contributed by atoms with E-state index in [0.29, 0.717) is 12.0 Å². The molecule has 2 nitrogen and oxygen atoms in total. The molecule has 0 aromatic heterocycles. The minimum atomic E-state index is -4.35. The number of ketones is 1. The number of alkyl halides is 3. The van der Waals surface area contributed by atoms with Crippen LogP contribution in [0.5, 0.6) is 0 Å². The average molecular weight is 273 g/mol. The summed E-state index contributed by atoms with van der Waals surface area (Å²) in [5.41, 5.74) is 4.80. The Morgan fingerprint density at radius 2 is 1.74 bits per heavy atom. The highest BCUT2D eigenvalue weighted by Gasteiger charge is 2.30. The Kier molecular flexibility index (Phi) is 4.74. The molecular weight excluding hydrogens is 255 g/mol. The van der Waals surface area contributed by atoms with Gasteiger partial charge in [-0.2, -0.15) is 13.2 Å². The molecule has 1 unspecified atom stereocenters. The fraction of sp³-hybridized carbons (Fsp3) is 0.500. The van der Waals surface area contributed by atoms with Gasteiger partial charge in [-0.3, -0.25) is 4.79 Å². The predicted molar refractivity (Wildman–Crippen MR) is 67.7 cm³/mol. The van der Waals surface area contributed by atoms with E-state index in [2.05, 4.69) is 0 Å². The van der Waals surface area contributed by atoms with Crippen LogP contribution < -0.4 is 5.73 Å². The lowest BCUT2D eigenvalue weighted by Crippen LogP contribution is -2.45. The number of halogens is 3. The molecule has 5 heteroatoms. The fourth-order valence-corrected chi connectivity index (χ4v) is 1.86. The van der Waals surface area contributed by atoms with Crippen molar-refractivity contribution >= 4 is 5.78 Å². The molecule has 0 aliphatic heterocycles. The first-order chi connectivity index (χ1) is 8.66. The van der Waals surface area contributed by atoms with Gasteiger partial charge in [-0.15, -0.1) is 0 Å². The first-order valence-corrected chi connectivity index (χ1v) is 6.15. The van der Waals surface area contributed by atoms with E-state index in [0.717, 1.165) is 18.6 Å². The van der Waals surface area contributed by atoms with Gasteiger partial charge in [0.15, 0.2) is 5.78 Å². The van der Waals surface area contributed by atoms with Crippen LogP contribution >= 0.6 is 0 Å². The summed E-state index contributed by atoms with van der Waals surface area (Å²) in [6.45, 7) is 3.58. The summed E-state index contributed by atoms with van der Waals surface area (Å²) >= 11 is 0. The lowest BCUT2D eigenvalue weighted by atomic mass is 9.88. The van der Waals surface area contributed by atoms with E-state index in [-0.39, 0.29) is 12.2 Å². The van der Waals surface area contributed by atoms with Crippen LogP contribution in [-0.2, 0) is 17.4 Å². The van der Waals surface area contributed by atoms with Crippen molar-refractivity contribution in [2.24, 2.45) is 5.73 Å². The third kappa shape index (κ3) is 4.35. The second-order valence-electron chi connectivity index (χ2n) is 4.96. The van der Waals surface area contributed by atoms with E-state index in [1.54, 1.807) is 6.92 Å². The molecule has 0 amide bonds. The Hall–Kier alpha value is -1.36. The molecular formula is C14H18F3NO. The van der Waals surface area contributed by atoms with Gasteiger partial charge in [0, 0.05) is 6.42 Å². The Balaban J connectivity index is 2.76. The van der Waals surface area contributed by atoms with Gasteiger partial charge >= 0.3 is 6.18 Å².